The predicted molar refractivity (Wildman–Crippen MR) is 90.4 cm³/mol. The fraction of sp³-hybridized carbons (Fsp3) is 0.684. The Labute approximate surface area is 130 Å². The van der Waals surface area contributed by atoms with Crippen LogP contribution in [0.1, 0.15) is 66.5 Å². The van der Waals surface area contributed by atoms with Gasteiger partial charge in [0.05, 0.1) is 12.7 Å². The molecule has 0 spiro atoms. The fourth-order valence-electron chi connectivity index (χ4n) is 2.30. The zero-order chi connectivity index (χ0) is 16.3. The minimum atomic E-state index is 0.0650. The van der Waals surface area contributed by atoms with E-state index in [0.29, 0.717) is 13.2 Å². The van der Waals surface area contributed by atoms with Crippen LogP contribution >= 0.6 is 0 Å². The molecule has 0 aliphatic carbocycles. The van der Waals surface area contributed by atoms with Crippen LogP contribution in [0.15, 0.2) is 18.2 Å². The van der Waals surface area contributed by atoms with Gasteiger partial charge in [-0.1, -0.05) is 59.7 Å². The molecule has 1 rings (SSSR count). The highest BCUT2D eigenvalue weighted by Crippen LogP contribution is 2.39. The normalized spacial score (nSPS) is 12.8. The van der Waals surface area contributed by atoms with Gasteiger partial charge in [-0.25, -0.2) is 0 Å². The molecular weight excluding hydrogens is 260 g/mol. The molecule has 0 radical (unpaired) electrons. The highest BCUT2D eigenvalue weighted by molar-refractivity contribution is 5.48. The molecule has 21 heavy (non-hydrogen) atoms. The Morgan fingerprint density at radius 1 is 0.857 bits per heavy atom. The summed E-state index contributed by atoms with van der Waals surface area (Å²) in [6.45, 7) is 18.7. The van der Waals surface area contributed by atoms with Crippen molar-refractivity contribution >= 4 is 0 Å². The third-order valence-corrected chi connectivity index (χ3v) is 3.41. The first kappa shape index (κ1) is 18.0. The molecule has 0 fully saturated rings. The van der Waals surface area contributed by atoms with Gasteiger partial charge in [0.1, 0.15) is 12.4 Å². The van der Waals surface area contributed by atoms with Crippen LogP contribution in [0.3, 0.4) is 0 Å². The summed E-state index contributed by atoms with van der Waals surface area (Å²) >= 11 is 0. The molecule has 0 bridgehead atoms. The van der Waals surface area contributed by atoms with E-state index in [1.807, 2.05) is 13.8 Å². The van der Waals surface area contributed by atoms with Gasteiger partial charge in [-0.2, -0.15) is 0 Å². The maximum absolute atomic E-state index is 6.15. The van der Waals surface area contributed by atoms with E-state index >= 15 is 0 Å². The van der Waals surface area contributed by atoms with Crippen molar-refractivity contribution in [2.45, 2.75) is 72.3 Å². The molecule has 0 aliphatic heterocycles. The van der Waals surface area contributed by atoms with Gasteiger partial charge in [-0.15, -0.1) is 0 Å². The highest BCUT2D eigenvalue weighted by atomic mass is 16.5. The van der Waals surface area contributed by atoms with Crippen LogP contribution in [-0.4, -0.2) is 19.3 Å². The summed E-state index contributed by atoms with van der Waals surface area (Å²) in [5.74, 6) is 1.03. The summed E-state index contributed by atoms with van der Waals surface area (Å²) in [5.41, 5.74) is 2.66. The van der Waals surface area contributed by atoms with Crippen LogP contribution in [0, 0.1) is 0 Å². The van der Waals surface area contributed by atoms with Crippen LogP contribution < -0.4 is 4.74 Å². The number of rotatable bonds is 5. The summed E-state index contributed by atoms with van der Waals surface area (Å²) in [4.78, 5) is 0. The average Bonchev–Trinajstić information content (AvgIpc) is 2.31. The Morgan fingerprint density at radius 2 is 1.33 bits per heavy atom. The second-order valence-corrected chi connectivity index (χ2v) is 7.95. The average molecular weight is 292 g/mol. The molecular formula is C19H32O2. The monoisotopic (exact) mass is 292 g/mol. The summed E-state index contributed by atoms with van der Waals surface area (Å²) in [6, 6.07) is 6.49. The third kappa shape index (κ3) is 5.35. The maximum Gasteiger partial charge on any atom is 0.126 e. The second kappa shape index (κ2) is 6.83. The van der Waals surface area contributed by atoms with Gasteiger partial charge in [-0.3, -0.25) is 0 Å². The molecule has 1 aromatic carbocycles. The quantitative estimate of drug-likeness (QED) is 0.704. The van der Waals surface area contributed by atoms with Gasteiger partial charge in [0.15, 0.2) is 0 Å². The van der Waals surface area contributed by atoms with E-state index in [9.17, 15) is 0 Å². The minimum absolute atomic E-state index is 0.0650. The van der Waals surface area contributed by atoms with Crippen LogP contribution in [0.2, 0.25) is 0 Å². The SMILES string of the molecule is CC(C)OCCOc1c(C(C)(C)C)cccc1C(C)(C)C. The Balaban J connectivity index is 3.06. The first-order valence-corrected chi connectivity index (χ1v) is 7.92. The number of hydrogen-bond donors (Lipinski definition) is 0. The van der Waals surface area contributed by atoms with Crippen molar-refractivity contribution in [3.8, 4) is 5.75 Å². The van der Waals surface area contributed by atoms with Crippen molar-refractivity contribution in [2.75, 3.05) is 13.2 Å². The van der Waals surface area contributed by atoms with E-state index in [-0.39, 0.29) is 16.9 Å². The van der Waals surface area contributed by atoms with E-state index in [1.165, 1.54) is 11.1 Å². The standard InChI is InChI=1S/C19H32O2/c1-14(2)20-12-13-21-17-15(18(3,4)5)10-9-11-16(17)19(6,7)8/h9-11,14H,12-13H2,1-8H3. The molecule has 2 nitrogen and oxygen atoms in total. The molecule has 0 aliphatic rings. The van der Waals surface area contributed by atoms with Crippen molar-refractivity contribution in [3.63, 3.8) is 0 Å². The fourth-order valence-corrected chi connectivity index (χ4v) is 2.30. The van der Waals surface area contributed by atoms with Crippen LogP contribution in [0.25, 0.3) is 0 Å². The second-order valence-electron chi connectivity index (χ2n) is 7.95. The number of ether oxygens (including phenoxy) is 2. The molecule has 0 heterocycles. The molecule has 0 saturated heterocycles. The van der Waals surface area contributed by atoms with Crippen molar-refractivity contribution < 1.29 is 9.47 Å². The molecule has 0 aromatic heterocycles. The number of benzene rings is 1. The van der Waals surface area contributed by atoms with E-state index < -0.39 is 0 Å². The third-order valence-electron chi connectivity index (χ3n) is 3.41. The molecule has 0 amide bonds. The van der Waals surface area contributed by atoms with Gasteiger partial charge >= 0.3 is 0 Å². The summed E-state index contributed by atoms with van der Waals surface area (Å²) < 4.78 is 11.7. The lowest BCUT2D eigenvalue weighted by molar-refractivity contribution is 0.0544. The smallest absolute Gasteiger partial charge is 0.126 e. The lowest BCUT2D eigenvalue weighted by Crippen LogP contribution is -2.21. The number of para-hydroxylation sites is 1. The lowest BCUT2D eigenvalue weighted by atomic mass is 9.79. The van der Waals surface area contributed by atoms with E-state index in [1.54, 1.807) is 0 Å². The largest absolute Gasteiger partial charge is 0.491 e. The topological polar surface area (TPSA) is 18.5 Å². The molecule has 1 aromatic rings. The van der Waals surface area contributed by atoms with Crippen molar-refractivity contribution in [1.82, 2.24) is 0 Å². The van der Waals surface area contributed by atoms with E-state index in [4.69, 9.17) is 9.47 Å². The summed E-state index contributed by atoms with van der Waals surface area (Å²) in [6.07, 6.45) is 0.244. The first-order valence-electron chi connectivity index (χ1n) is 7.92. The Bertz CT molecular complexity index is 415. The lowest BCUT2D eigenvalue weighted by Gasteiger charge is -2.29. The Morgan fingerprint density at radius 3 is 1.71 bits per heavy atom. The maximum atomic E-state index is 6.15. The van der Waals surface area contributed by atoms with Crippen molar-refractivity contribution in [2.24, 2.45) is 0 Å². The van der Waals surface area contributed by atoms with Crippen molar-refractivity contribution in [1.29, 1.82) is 0 Å². The van der Waals surface area contributed by atoms with Crippen molar-refractivity contribution in [3.05, 3.63) is 29.3 Å². The Kier molecular flexibility index (Phi) is 5.86. The molecule has 120 valence electrons. The van der Waals surface area contributed by atoms with E-state index in [0.717, 1.165) is 5.75 Å². The molecule has 2 heteroatoms. The van der Waals surface area contributed by atoms with Gasteiger partial charge in [0.2, 0.25) is 0 Å². The van der Waals surface area contributed by atoms with Gasteiger partial charge in [0, 0.05) is 0 Å². The highest BCUT2D eigenvalue weighted by Gasteiger charge is 2.26. The molecule has 0 saturated carbocycles. The summed E-state index contributed by atoms with van der Waals surface area (Å²) in [7, 11) is 0. The predicted octanol–water partition coefficient (Wildman–Crippen LogP) is 5.09. The van der Waals surface area contributed by atoms with Crippen LogP contribution in [0.4, 0.5) is 0 Å². The van der Waals surface area contributed by atoms with E-state index in [2.05, 4.69) is 59.7 Å². The first-order chi connectivity index (χ1) is 9.53. The Hall–Kier alpha value is -1.02. The van der Waals surface area contributed by atoms with Crippen LogP contribution in [0.5, 0.6) is 5.75 Å². The number of hydrogen-bond acceptors (Lipinski definition) is 2. The van der Waals surface area contributed by atoms with Gasteiger partial charge < -0.3 is 9.47 Å². The van der Waals surface area contributed by atoms with Gasteiger partial charge in [-0.05, 0) is 35.8 Å². The molecule has 0 unspecified atom stereocenters. The van der Waals surface area contributed by atoms with Gasteiger partial charge in [0.25, 0.3) is 0 Å². The zero-order valence-electron chi connectivity index (χ0n) is 15.0. The zero-order valence-corrected chi connectivity index (χ0v) is 15.0. The minimum Gasteiger partial charge on any atom is -0.491 e. The van der Waals surface area contributed by atoms with Crippen LogP contribution in [-0.2, 0) is 15.6 Å². The summed E-state index contributed by atoms with van der Waals surface area (Å²) in [5, 5.41) is 0. The molecule has 0 atom stereocenters. The molecule has 0 N–H and O–H groups in total.